The van der Waals surface area contributed by atoms with E-state index in [9.17, 15) is 9.18 Å². The second-order valence-corrected chi connectivity index (χ2v) is 6.66. The van der Waals surface area contributed by atoms with Crippen LogP contribution in [-0.4, -0.2) is 10.2 Å². The molecule has 2 nitrogen and oxygen atoms in total. The van der Waals surface area contributed by atoms with Crippen LogP contribution in [0.5, 0.6) is 0 Å². The Hall–Kier alpha value is -1.69. The van der Waals surface area contributed by atoms with Crippen LogP contribution in [0.15, 0.2) is 53.4 Å². The molecule has 0 radical (unpaired) electrons. The molecule has 0 bridgehead atoms. The van der Waals surface area contributed by atoms with Gasteiger partial charge in [0.1, 0.15) is 5.82 Å². The van der Waals surface area contributed by atoms with E-state index < -0.39 is 0 Å². The molecule has 1 aliphatic rings. The summed E-state index contributed by atoms with van der Waals surface area (Å²) in [7, 11) is 0. The van der Waals surface area contributed by atoms with Gasteiger partial charge < -0.3 is 0 Å². The molecule has 1 amide bonds. The Balaban J connectivity index is 1.93. The normalized spacial score (nSPS) is 16.6. The lowest BCUT2D eigenvalue weighted by Gasteiger charge is -2.14. The third kappa shape index (κ3) is 3.06. The maximum atomic E-state index is 13.2. The average molecular weight is 350 g/mol. The van der Waals surface area contributed by atoms with E-state index in [0.29, 0.717) is 25.5 Å². The molecule has 0 N–H and O–H groups in total. The molecule has 110 valence electrons. The van der Waals surface area contributed by atoms with Crippen LogP contribution in [0.3, 0.4) is 0 Å². The fourth-order valence-corrected chi connectivity index (χ4v) is 3.45. The lowest BCUT2D eigenvalue weighted by Crippen LogP contribution is -2.27. The lowest BCUT2D eigenvalue weighted by molar-refractivity contribution is -0.113. The van der Waals surface area contributed by atoms with Crippen LogP contribution >= 0.6 is 35.6 Å². The molecule has 6 heteroatoms. The third-order valence-electron chi connectivity index (χ3n) is 3.02. The van der Waals surface area contributed by atoms with Gasteiger partial charge in [0.25, 0.3) is 5.91 Å². The Bertz CT molecular complexity index is 789. The summed E-state index contributed by atoms with van der Waals surface area (Å²) in [5.74, 6) is -0.566. The van der Waals surface area contributed by atoms with E-state index in [1.54, 1.807) is 42.5 Å². The van der Waals surface area contributed by atoms with Crippen molar-refractivity contribution in [1.29, 1.82) is 0 Å². The zero-order chi connectivity index (χ0) is 15.7. The van der Waals surface area contributed by atoms with Gasteiger partial charge in [0.05, 0.1) is 10.6 Å². The van der Waals surface area contributed by atoms with Crippen molar-refractivity contribution in [2.45, 2.75) is 0 Å². The van der Waals surface area contributed by atoms with E-state index in [1.165, 1.54) is 28.8 Å². The number of carbonyl (C=O) groups is 1. The zero-order valence-corrected chi connectivity index (χ0v) is 13.5. The number of hydrogen-bond acceptors (Lipinski definition) is 3. The number of amides is 1. The second-order valence-electron chi connectivity index (χ2n) is 4.55. The predicted molar refractivity (Wildman–Crippen MR) is 93.5 cm³/mol. The van der Waals surface area contributed by atoms with Crippen LogP contribution in [0, 0.1) is 5.82 Å². The number of anilines is 1. The Morgan fingerprint density at radius 1 is 1.18 bits per heavy atom. The highest BCUT2D eigenvalue weighted by Gasteiger charge is 2.33. The average Bonchev–Trinajstić information content (AvgIpc) is 2.75. The highest BCUT2D eigenvalue weighted by molar-refractivity contribution is 8.27. The van der Waals surface area contributed by atoms with Gasteiger partial charge in [0, 0.05) is 5.02 Å². The fourth-order valence-electron chi connectivity index (χ4n) is 2.03. The minimum absolute atomic E-state index is 0.221. The lowest BCUT2D eigenvalue weighted by atomic mass is 10.2. The molecule has 0 aromatic heterocycles. The van der Waals surface area contributed by atoms with E-state index >= 15 is 0 Å². The number of benzene rings is 2. The second kappa shape index (κ2) is 6.20. The number of rotatable bonds is 2. The van der Waals surface area contributed by atoms with Gasteiger partial charge in [0.15, 0.2) is 4.32 Å². The molecular formula is C16H9ClFNOS2. The smallest absolute Gasteiger partial charge is 0.268 e. The molecule has 1 saturated heterocycles. The Morgan fingerprint density at radius 3 is 2.59 bits per heavy atom. The quantitative estimate of drug-likeness (QED) is 0.569. The number of thiocarbonyl (C=S) groups is 1. The summed E-state index contributed by atoms with van der Waals surface area (Å²) in [5, 5.41) is 0.587. The summed E-state index contributed by atoms with van der Waals surface area (Å²) in [6.07, 6.45) is 1.64. The number of halogens is 2. The van der Waals surface area contributed by atoms with Gasteiger partial charge in [-0.15, -0.1) is 0 Å². The molecule has 0 spiro atoms. The summed E-state index contributed by atoms with van der Waals surface area (Å²) in [6, 6.07) is 12.9. The molecule has 22 heavy (non-hydrogen) atoms. The molecule has 1 aliphatic heterocycles. The molecule has 1 fully saturated rings. The van der Waals surface area contributed by atoms with Crippen LogP contribution in [-0.2, 0) is 4.79 Å². The van der Waals surface area contributed by atoms with Crippen LogP contribution in [0.1, 0.15) is 5.56 Å². The first kappa shape index (κ1) is 15.2. The van der Waals surface area contributed by atoms with Crippen molar-refractivity contribution in [3.05, 3.63) is 69.8 Å². The van der Waals surface area contributed by atoms with E-state index in [2.05, 4.69) is 0 Å². The summed E-state index contributed by atoms with van der Waals surface area (Å²) < 4.78 is 13.7. The van der Waals surface area contributed by atoms with Crippen LogP contribution < -0.4 is 4.90 Å². The monoisotopic (exact) mass is 349 g/mol. The number of thioether (sulfide) groups is 1. The molecule has 0 aliphatic carbocycles. The van der Waals surface area contributed by atoms with E-state index in [-0.39, 0.29) is 11.7 Å². The number of carbonyl (C=O) groups excluding carboxylic acids is 1. The Morgan fingerprint density at radius 2 is 1.91 bits per heavy atom. The van der Waals surface area contributed by atoms with Crippen molar-refractivity contribution >= 4 is 57.6 Å². The van der Waals surface area contributed by atoms with E-state index in [1.807, 2.05) is 0 Å². The van der Waals surface area contributed by atoms with E-state index in [0.717, 1.165) is 0 Å². The van der Waals surface area contributed by atoms with Gasteiger partial charge in [-0.05, 0) is 48.0 Å². The van der Waals surface area contributed by atoms with Crippen LogP contribution in [0.2, 0.25) is 5.02 Å². The molecule has 2 aromatic rings. The maximum Gasteiger partial charge on any atom is 0.270 e. The SMILES string of the molecule is O=C1/C(=C\c2cccc(F)c2)SC(=S)N1c1ccc(Cl)cc1. The molecular weight excluding hydrogens is 341 g/mol. The summed E-state index contributed by atoms with van der Waals surface area (Å²) in [6.45, 7) is 0. The fraction of sp³-hybridized carbons (Fsp3) is 0. The molecule has 2 aromatic carbocycles. The van der Waals surface area contributed by atoms with Crippen molar-refractivity contribution in [1.82, 2.24) is 0 Å². The summed E-state index contributed by atoms with van der Waals surface area (Å²) in [4.78, 5) is 14.4. The van der Waals surface area contributed by atoms with Crippen molar-refractivity contribution < 1.29 is 9.18 Å². The van der Waals surface area contributed by atoms with Gasteiger partial charge in [-0.2, -0.15) is 0 Å². The number of hydrogen-bond donors (Lipinski definition) is 0. The van der Waals surface area contributed by atoms with Gasteiger partial charge in [-0.3, -0.25) is 9.69 Å². The highest BCUT2D eigenvalue weighted by atomic mass is 35.5. The first-order valence-electron chi connectivity index (χ1n) is 6.34. The standard InChI is InChI=1S/C16H9ClFNOS2/c17-11-4-6-13(7-5-11)19-15(20)14(22-16(19)21)9-10-2-1-3-12(18)8-10/h1-9H/b14-9+. The van der Waals surface area contributed by atoms with Crippen LogP contribution in [0.4, 0.5) is 10.1 Å². The maximum absolute atomic E-state index is 13.2. The minimum Gasteiger partial charge on any atom is -0.268 e. The van der Waals surface area contributed by atoms with Crippen molar-refractivity contribution in [3.63, 3.8) is 0 Å². The van der Waals surface area contributed by atoms with Crippen LogP contribution in [0.25, 0.3) is 6.08 Å². The Kier molecular flexibility index (Phi) is 4.29. The first-order chi connectivity index (χ1) is 10.5. The van der Waals surface area contributed by atoms with Gasteiger partial charge in [0.2, 0.25) is 0 Å². The minimum atomic E-state index is -0.345. The van der Waals surface area contributed by atoms with Crippen molar-refractivity contribution in [3.8, 4) is 0 Å². The topological polar surface area (TPSA) is 20.3 Å². The molecule has 3 rings (SSSR count). The molecule has 0 unspecified atom stereocenters. The largest absolute Gasteiger partial charge is 0.270 e. The number of nitrogens with zero attached hydrogens (tertiary/aromatic N) is 1. The van der Waals surface area contributed by atoms with Gasteiger partial charge in [-0.1, -0.05) is 47.7 Å². The third-order valence-corrected chi connectivity index (χ3v) is 4.58. The zero-order valence-electron chi connectivity index (χ0n) is 11.1. The molecule has 1 heterocycles. The van der Waals surface area contributed by atoms with E-state index in [4.69, 9.17) is 23.8 Å². The van der Waals surface area contributed by atoms with Gasteiger partial charge in [-0.25, -0.2) is 4.39 Å². The Labute approximate surface area is 141 Å². The summed E-state index contributed by atoms with van der Waals surface area (Å²) in [5.41, 5.74) is 1.28. The van der Waals surface area contributed by atoms with Crippen molar-refractivity contribution in [2.75, 3.05) is 4.90 Å². The predicted octanol–water partition coefficient (Wildman–Crippen LogP) is 4.88. The van der Waals surface area contributed by atoms with Crippen molar-refractivity contribution in [2.24, 2.45) is 0 Å². The summed E-state index contributed by atoms with van der Waals surface area (Å²) >= 11 is 12.3. The first-order valence-corrected chi connectivity index (χ1v) is 7.94. The van der Waals surface area contributed by atoms with Gasteiger partial charge >= 0.3 is 0 Å². The molecule has 0 saturated carbocycles. The highest BCUT2D eigenvalue weighted by Crippen LogP contribution is 2.36. The molecule has 0 atom stereocenters.